The Morgan fingerprint density at radius 1 is 1.10 bits per heavy atom. The maximum absolute atomic E-state index is 12.9. The molecule has 2 aromatic rings. The van der Waals surface area contributed by atoms with Crippen LogP contribution in [-0.2, 0) is 10.8 Å². The second-order valence-corrected chi connectivity index (χ2v) is 6.97. The van der Waals surface area contributed by atoms with Crippen molar-refractivity contribution < 1.29 is 13.4 Å². The highest BCUT2D eigenvalue weighted by molar-refractivity contribution is 7.86. The van der Waals surface area contributed by atoms with Crippen LogP contribution >= 0.6 is 23.2 Å². The summed E-state index contributed by atoms with van der Waals surface area (Å²) in [5, 5.41) is -0.133. The molecule has 0 aliphatic rings. The predicted octanol–water partition coefficient (Wildman–Crippen LogP) is 4.51. The van der Waals surface area contributed by atoms with E-state index in [2.05, 4.69) is 0 Å². The van der Waals surface area contributed by atoms with Gasteiger partial charge in [-0.3, -0.25) is 9.00 Å². The first-order valence-corrected chi connectivity index (χ1v) is 8.02. The van der Waals surface area contributed by atoms with E-state index in [0.29, 0.717) is 15.5 Å². The number of carbonyl (C=O) groups excluding carboxylic acids is 1. The topological polar surface area (TPSA) is 34.1 Å². The van der Waals surface area contributed by atoms with Crippen LogP contribution in [0.4, 0.5) is 4.39 Å². The first-order valence-electron chi connectivity index (χ1n) is 6.05. The molecule has 0 saturated carbocycles. The highest BCUT2D eigenvalue weighted by atomic mass is 35.5. The molecule has 6 heteroatoms. The zero-order chi connectivity index (χ0) is 15.6. The van der Waals surface area contributed by atoms with Crippen molar-refractivity contribution in [2.24, 2.45) is 0 Å². The number of rotatable bonds is 4. The number of hydrogen-bond donors (Lipinski definition) is 0. The Hall–Kier alpha value is -1.23. The normalized spacial score (nSPS) is 13.7. The highest BCUT2D eigenvalue weighted by Crippen LogP contribution is 2.25. The van der Waals surface area contributed by atoms with E-state index in [0.717, 1.165) is 0 Å². The molecule has 0 heterocycles. The summed E-state index contributed by atoms with van der Waals surface area (Å²) in [5.41, 5.74) is 0.317. The van der Waals surface area contributed by atoms with Crippen LogP contribution in [0.2, 0.25) is 10.0 Å². The van der Waals surface area contributed by atoms with Crippen LogP contribution in [-0.4, -0.2) is 15.2 Å². The van der Waals surface area contributed by atoms with Crippen LogP contribution < -0.4 is 0 Å². The maximum Gasteiger partial charge on any atom is 0.178 e. The van der Waals surface area contributed by atoms with E-state index < -0.39 is 21.9 Å². The number of benzene rings is 2. The van der Waals surface area contributed by atoms with Gasteiger partial charge in [-0.05, 0) is 49.4 Å². The van der Waals surface area contributed by atoms with E-state index in [1.807, 2.05) is 0 Å². The summed E-state index contributed by atoms with van der Waals surface area (Å²) in [5.74, 6) is -0.746. The largest absolute Gasteiger partial charge is 0.293 e. The van der Waals surface area contributed by atoms with Gasteiger partial charge in [0, 0.05) is 10.5 Å². The molecule has 0 saturated heterocycles. The second kappa shape index (κ2) is 6.69. The third kappa shape index (κ3) is 3.70. The molecule has 0 fully saturated rings. The van der Waals surface area contributed by atoms with Gasteiger partial charge in [0.15, 0.2) is 5.78 Å². The van der Waals surface area contributed by atoms with Crippen LogP contribution in [0.1, 0.15) is 17.3 Å². The van der Waals surface area contributed by atoms with Gasteiger partial charge in [0.25, 0.3) is 0 Å². The lowest BCUT2D eigenvalue weighted by Gasteiger charge is -2.11. The minimum Gasteiger partial charge on any atom is -0.293 e. The Bertz CT molecular complexity index is 701. The second-order valence-electron chi connectivity index (χ2n) is 4.39. The Morgan fingerprint density at radius 3 is 2.29 bits per heavy atom. The lowest BCUT2D eigenvalue weighted by atomic mass is 10.1. The number of Topliss-reactive ketones (excluding diaryl/α,β-unsaturated/α-hetero) is 1. The number of ketones is 1. The van der Waals surface area contributed by atoms with Gasteiger partial charge >= 0.3 is 0 Å². The monoisotopic (exact) mass is 344 g/mol. The molecule has 0 spiro atoms. The van der Waals surface area contributed by atoms with Gasteiger partial charge in [0.1, 0.15) is 5.82 Å². The van der Waals surface area contributed by atoms with Crippen molar-refractivity contribution in [2.45, 2.75) is 17.1 Å². The van der Waals surface area contributed by atoms with Crippen molar-refractivity contribution in [3.63, 3.8) is 0 Å². The zero-order valence-corrected chi connectivity index (χ0v) is 13.3. The van der Waals surface area contributed by atoms with Gasteiger partial charge in [-0.2, -0.15) is 0 Å². The van der Waals surface area contributed by atoms with E-state index in [1.165, 1.54) is 36.4 Å². The molecule has 0 bridgehead atoms. The summed E-state index contributed by atoms with van der Waals surface area (Å²) >= 11 is 11.7. The smallest absolute Gasteiger partial charge is 0.178 e. The fourth-order valence-electron chi connectivity index (χ4n) is 1.75. The summed E-state index contributed by atoms with van der Waals surface area (Å²) in [6, 6.07) is 9.73. The first-order chi connectivity index (χ1) is 9.90. The van der Waals surface area contributed by atoms with Crippen molar-refractivity contribution in [3.8, 4) is 0 Å². The molecule has 2 atom stereocenters. The molecule has 21 heavy (non-hydrogen) atoms. The molecule has 2 rings (SSSR count). The Balaban J connectivity index is 2.24. The SMILES string of the molecule is CC(C(=O)c1ccc(F)cc1)S(=O)c1ccc(Cl)c(Cl)c1. The fraction of sp³-hybridized carbons (Fsp3) is 0.133. The summed E-state index contributed by atoms with van der Waals surface area (Å²) in [6.45, 7) is 1.56. The Kier molecular flexibility index (Phi) is 5.14. The molecule has 0 N–H and O–H groups in total. The lowest BCUT2D eigenvalue weighted by molar-refractivity contribution is 0.0992. The van der Waals surface area contributed by atoms with Gasteiger partial charge in [0.05, 0.1) is 26.1 Å². The van der Waals surface area contributed by atoms with E-state index in [-0.39, 0.29) is 10.8 Å². The zero-order valence-electron chi connectivity index (χ0n) is 11.0. The number of carbonyl (C=O) groups is 1. The Morgan fingerprint density at radius 2 is 1.71 bits per heavy atom. The molecular formula is C15H11Cl2FO2S. The van der Waals surface area contributed by atoms with E-state index in [4.69, 9.17) is 23.2 Å². The molecule has 110 valence electrons. The van der Waals surface area contributed by atoms with Gasteiger partial charge in [0.2, 0.25) is 0 Å². The van der Waals surface area contributed by atoms with Crippen LogP contribution in [0.3, 0.4) is 0 Å². The van der Waals surface area contributed by atoms with E-state index >= 15 is 0 Å². The number of hydrogen-bond acceptors (Lipinski definition) is 2. The lowest BCUT2D eigenvalue weighted by Crippen LogP contribution is -2.22. The molecule has 0 radical (unpaired) electrons. The molecule has 0 aliphatic heterocycles. The molecule has 0 aliphatic carbocycles. The van der Waals surface area contributed by atoms with Gasteiger partial charge in [-0.1, -0.05) is 23.2 Å². The average Bonchev–Trinajstić information content (AvgIpc) is 2.48. The minimum atomic E-state index is -1.57. The standard InChI is InChI=1S/C15H11Cl2FO2S/c1-9(15(19)10-2-4-11(18)5-3-10)21(20)12-6-7-13(16)14(17)8-12/h2-9H,1H3. The molecule has 0 aromatic heterocycles. The fourth-order valence-corrected chi connectivity index (χ4v) is 3.29. The van der Waals surface area contributed by atoms with Crippen LogP contribution in [0, 0.1) is 5.82 Å². The maximum atomic E-state index is 12.9. The van der Waals surface area contributed by atoms with Gasteiger partial charge in [-0.25, -0.2) is 4.39 Å². The summed E-state index contributed by atoms with van der Waals surface area (Å²) in [7, 11) is -1.57. The van der Waals surface area contributed by atoms with Crippen molar-refractivity contribution in [2.75, 3.05) is 0 Å². The average molecular weight is 345 g/mol. The van der Waals surface area contributed by atoms with E-state index in [1.54, 1.807) is 13.0 Å². The number of halogens is 3. The van der Waals surface area contributed by atoms with Crippen molar-refractivity contribution >= 4 is 39.8 Å². The highest BCUT2D eigenvalue weighted by Gasteiger charge is 2.23. The molecule has 2 nitrogen and oxygen atoms in total. The van der Waals surface area contributed by atoms with Crippen molar-refractivity contribution in [1.82, 2.24) is 0 Å². The molecular weight excluding hydrogens is 334 g/mol. The molecule has 2 aromatic carbocycles. The summed E-state index contributed by atoms with van der Waals surface area (Å²) < 4.78 is 25.3. The Labute approximate surface area is 134 Å². The first kappa shape index (κ1) is 16.1. The van der Waals surface area contributed by atoms with Crippen molar-refractivity contribution in [1.29, 1.82) is 0 Å². The molecule has 2 unspecified atom stereocenters. The quantitative estimate of drug-likeness (QED) is 0.764. The summed E-state index contributed by atoms with van der Waals surface area (Å²) in [4.78, 5) is 12.7. The third-order valence-electron chi connectivity index (χ3n) is 2.94. The van der Waals surface area contributed by atoms with Crippen LogP contribution in [0.25, 0.3) is 0 Å². The minimum absolute atomic E-state index is 0.281. The summed E-state index contributed by atoms with van der Waals surface area (Å²) in [6.07, 6.45) is 0. The van der Waals surface area contributed by atoms with Crippen LogP contribution in [0.5, 0.6) is 0 Å². The predicted molar refractivity (Wildman–Crippen MR) is 83.1 cm³/mol. The van der Waals surface area contributed by atoms with Gasteiger partial charge in [-0.15, -0.1) is 0 Å². The van der Waals surface area contributed by atoms with Gasteiger partial charge < -0.3 is 0 Å². The third-order valence-corrected chi connectivity index (χ3v) is 5.26. The van der Waals surface area contributed by atoms with E-state index in [9.17, 15) is 13.4 Å². The van der Waals surface area contributed by atoms with Crippen molar-refractivity contribution in [3.05, 3.63) is 63.9 Å². The van der Waals surface area contributed by atoms with Crippen LogP contribution in [0.15, 0.2) is 47.4 Å². The molecule has 0 amide bonds.